The van der Waals surface area contributed by atoms with Gasteiger partial charge in [0.2, 0.25) is 5.95 Å². The van der Waals surface area contributed by atoms with Gasteiger partial charge in [-0.05, 0) is 69.8 Å². The van der Waals surface area contributed by atoms with Crippen molar-refractivity contribution in [3.63, 3.8) is 0 Å². The number of pyridine rings is 2. The molecule has 10 nitrogen and oxygen atoms in total. The number of aromatic nitrogens is 4. The monoisotopic (exact) mass is 530 g/mol. The van der Waals surface area contributed by atoms with E-state index in [1.54, 1.807) is 10.8 Å². The highest BCUT2D eigenvalue weighted by Crippen LogP contribution is 2.32. The molecule has 0 bridgehead atoms. The molecule has 1 atom stereocenters. The standard InChI is InChI=1S/C29H38N8O2/c1-19-24-17-32-29(34-27(24)37(22-5-3-4-6-22)28(39)26(19)20(2)38)33-25-8-7-23(16-31-25)36-13-11-35(12-14-36)18-21-9-10-30-15-21/h7-8,16-17,21-22,30H,3-6,9-15,18H2,1-2H3,(H,31,32,33,34)/t21-/m1/s1. The molecule has 5 heterocycles. The molecule has 2 aliphatic heterocycles. The second-order valence-electron chi connectivity index (χ2n) is 11.3. The van der Waals surface area contributed by atoms with Gasteiger partial charge in [-0.25, -0.2) is 9.97 Å². The number of carbonyl (C=O) groups excluding carboxylic acids is 1. The van der Waals surface area contributed by atoms with Crippen molar-refractivity contribution >= 4 is 34.3 Å². The molecule has 0 radical (unpaired) electrons. The number of fused-ring (bicyclic) bond motifs is 1. The Morgan fingerprint density at radius 2 is 1.87 bits per heavy atom. The fraction of sp³-hybridized carbons (Fsp3) is 0.552. The second-order valence-corrected chi connectivity index (χ2v) is 11.3. The summed E-state index contributed by atoms with van der Waals surface area (Å²) in [5.41, 5.74) is 2.34. The van der Waals surface area contributed by atoms with Gasteiger partial charge in [-0.2, -0.15) is 4.98 Å². The number of carbonyl (C=O) groups is 1. The number of piperazine rings is 1. The molecular weight excluding hydrogens is 492 g/mol. The van der Waals surface area contributed by atoms with E-state index in [9.17, 15) is 9.59 Å². The van der Waals surface area contributed by atoms with Crippen LogP contribution < -0.4 is 21.1 Å². The smallest absolute Gasteiger partial charge is 0.263 e. The lowest BCUT2D eigenvalue weighted by Crippen LogP contribution is -2.48. The van der Waals surface area contributed by atoms with E-state index in [1.165, 1.54) is 19.9 Å². The largest absolute Gasteiger partial charge is 0.368 e. The number of ketones is 1. The highest BCUT2D eigenvalue weighted by molar-refractivity contribution is 5.99. The third kappa shape index (κ3) is 5.27. The van der Waals surface area contributed by atoms with Crippen LogP contribution in [0.25, 0.3) is 11.0 Å². The van der Waals surface area contributed by atoms with Gasteiger partial charge in [-0.3, -0.25) is 19.1 Å². The van der Waals surface area contributed by atoms with Gasteiger partial charge in [-0.1, -0.05) is 12.8 Å². The Morgan fingerprint density at radius 3 is 2.54 bits per heavy atom. The topological polar surface area (TPSA) is 108 Å². The van der Waals surface area contributed by atoms with Crippen molar-refractivity contribution in [2.45, 2.75) is 52.0 Å². The maximum atomic E-state index is 13.4. The molecular formula is C29H38N8O2. The first kappa shape index (κ1) is 25.9. The van der Waals surface area contributed by atoms with E-state index in [0.717, 1.165) is 81.9 Å². The van der Waals surface area contributed by atoms with Gasteiger partial charge in [0.05, 0.1) is 17.4 Å². The molecule has 6 rings (SSSR count). The molecule has 3 aromatic rings. The van der Waals surface area contributed by atoms with Crippen LogP contribution in [0.15, 0.2) is 29.3 Å². The maximum absolute atomic E-state index is 13.4. The average Bonchev–Trinajstić information content (AvgIpc) is 3.65. The van der Waals surface area contributed by atoms with Crippen molar-refractivity contribution in [3.05, 3.63) is 46.0 Å². The second kappa shape index (κ2) is 11.0. The molecule has 1 aliphatic carbocycles. The summed E-state index contributed by atoms with van der Waals surface area (Å²) in [4.78, 5) is 44.7. The number of Topliss-reactive ketones (excluding diaryl/α,β-unsaturated/α-hetero) is 1. The van der Waals surface area contributed by atoms with Crippen molar-refractivity contribution in [3.8, 4) is 0 Å². The first-order valence-electron chi connectivity index (χ1n) is 14.3. The van der Waals surface area contributed by atoms with Gasteiger partial charge < -0.3 is 15.5 Å². The minimum absolute atomic E-state index is 0.0501. The van der Waals surface area contributed by atoms with Crippen LogP contribution in [0.2, 0.25) is 0 Å². The van der Waals surface area contributed by atoms with Crippen LogP contribution in [0.1, 0.15) is 61.0 Å². The number of rotatable bonds is 7. The number of aryl methyl sites for hydroxylation is 1. The Hall–Kier alpha value is -3.37. The van der Waals surface area contributed by atoms with Gasteiger partial charge in [0, 0.05) is 50.3 Å². The lowest BCUT2D eigenvalue weighted by Gasteiger charge is -2.37. The molecule has 3 aromatic heterocycles. The number of anilines is 3. The summed E-state index contributed by atoms with van der Waals surface area (Å²) in [6.45, 7) is 10.9. The van der Waals surface area contributed by atoms with Crippen molar-refractivity contribution in [2.24, 2.45) is 5.92 Å². The van der Waals surface area contributed by atoms with E-state index in [2.05, 4.69) is 36.5 Å². The molecule has 10 heteroatoms. The summed E-state index contributed by atoms with van der Waals surface area (Å²) in [6, 6.07) is 4.09. The van der Waals surface area contributed by atoms with Gasteiger partial charge in [0.15, 0.2) is 5.78 Å². The molecule has 3 aliphatic rings. The number of hydrogen-bond acceptors (Lipinski definition) is 9. The maximum Gasteiger partial charge on any atom is 0.263 e. The quantitative estimate of drug-likeness (QED) is 0.445. The number of hydrogen-bond donors (Lipinski definition) is 2. The van der Waals surface area contributed by atoms with Crippen molar-refractivity contribution < 1.29 is 4.79 Å². The third-order valence-corrected chi connectivity index (χ3v) is 8.65. The van der Waals surface area contributed by atoms with Crippen molar-refractivity contribution in [1.82, 2.24) is 29.7 Å². The highest BCUT2D eigenvalue weighted by Gasteiger charge is 2.26. The highest BCUT2D eigenvalue weighted by atomic mass is 16.1. The fourth-order valence-electron chi connectivity index (χ4n) is 6.49. The molecule has 3 fully saturated rings. The first-order valence-corrected chi connectivity index (χ1v) is 14.3. The van der Waals surface area contributed by atoms with Gasteiger partial charge >= 0.3 is 0 Å². The summed E-state index contributed by atoms with van der Waals surface area (Å²) in [5.74, 6) is 1.61. The molecule has 2 saturated heterocycles. The summed E-state index contributed by atoms with van der Waals surface area (Å²) in [7, 11) is 0. The van der Waals surface area contributed by atoms with Crippen LogP contribution in [-0.4, -0.2) is 76.0 Å². The lowest BCUT2D eigenvalue weighted by atomic mass is 10.0. The average molecular weight is 531 g/mol. The zero-order chi connectivity index (χ0) is 26.9. The first-order chi connectivity index (χ1) is 19.0. The van der Waals surface area contributed by atoms with Crippen LogP contribution in [0.5, 0.6) is 0 Å². The molecule has 0 aromatic carbocycles. The van der Waals surface area contributed by atoms with Crippen molar-refractivity contribution in [2.75, 3.05) is 56.0 Å². The third-order valence-electron chi connectivity index (χ3n) is 8.65. The van der Waals surface area contributed by atoms with E-state index in [-0.39, 0.29) is 22.9 Å². The van der Waals surface area contributed by atoms with E-state index < -0.39 is 0 Å². The van der Waals surface area contributed by atoms with Gasteiger partial charge in [0.25, 0.3) is 5.56 Å². The fourth-order valence-corrected chi connectivity index (χ4v) is 6.49. The van der Waals surface area contributed by atoms with E-state index in [0.29, 0.717) is 23.0 Å². The minimum Gasteiger partial charge on any atom is -0.368 e. The summed E-state index contributed by atoms with van der Waals surface area (Å²) in [5, 5.41) is 7.43. The Labute approximate surface area is 228 Å². The molecule has 1 saturated carbocycles. The van der Waals surface area contributed by atoms with Crippen LogP contribution in [0.4, 0.5) is 17.5 Å². The normalized spacial score (nSPS) is 20.7. The molecule has 0 unspecified atom stereocenters. The Balaban J connectivity index is 1.19. The molecule has 39 heavy (non-hydrogen) atoms. The predicted molar refractivity (Wildman–Crippen MR) is 153 cm³/mol. The summed E-state index contributed by atoms with van der Waals surface area (Å²) < 4.78 is 1.73. The van der Waals surface area contributed by atoms with Crippen LogP contribution in [0.3, 0.4) is 0 Å². The van der Waals surface area contributed by atoms with E-state index in [4.69, 9.17) is 4.98 Å². The van der Waals surface area contributed by atoms with Gasteiger partial charge in [-0.15, -0.1) is 0 Å². The summed E-state index contributed by atoms with van der Waals surface area (Å²) >= 11 is 0. The Kier molecular flexibility index (Phi) is 7.31. The van der Waals surface area contributed by atoms with E-state index in [1.807, 2.05) is 19.2 Å². The summed E-state index contributed by atoms with van der Waals surface area (Å²) in [6.07, 6.45) is 8.87. The van der Waals surface area contributed by atoms with Gasteiger partial charge in [0.1, 0.15) is 11.5 Å². The molecule has 0 spiro atoms. The minimum atomic E-state index is -0.244. The molecule has 206 valence electrons. The van der Waals surface area contributed by atoms with Crippen molar-refractivity contribution in [1.29, 1.82) is 0 Å². The van der Waals surface area contributed by atoms with Crippen LogP contribution >= 0.6 is 0 Å². The Morgan fingerprint density at radius 1 is 1.08 bits per heavy atom. The molecule has 2 N–H and O–H groups in total. The van der Waals surface area contributed by atoms with Crippen LogP contribution in [0, 0.1) is 12.8 Å². The van der Waals surface area contributed by atoms with Crippen LogP contribution in [-0.2, 0) is 0 Å². The Bertz CT molecular complexity index is 1400. The zero-order valence-corrected chi connectivity index (χ0v) is 22.9. The number of nitrogens with zero attached hydrogens (tertiary/aromatic N) is 6. The lowest BCUT2D eigenvalue weighted by molar-refractivity contribution is 0.101. The zero-order valence-electron chi connectivity index (χ0n) is 22.9. The van der Waals surface area contributed by atoms with E-state index >= 15 is 0 Å². The SMILES string of the molecule is CC(=O)c1c(C)c2cnc(Nc3ccc(N4CCN(C[C@@H]5CCNC5)CC4)cn3)nc2n(C2CCCC2)c1=O. The molecule has 0 amide bonds. The number of nitrogens with one attached hydrogen (secondary N) is 2. The predicted octanol–water partition coefficient (Wildman–Crippen LogP) is 3.29.